The molecule has 0 aliphatic rings. The summed E-state index contributed by atoms with van der Waals surface area (Å²) in [6.07, 6.45) is 0. The van der Waals surface area contributed by atoms with Gasteiger partial charge >= 0.3 is 0 Å². The van der Waals surface area contributed by atoms with E-state index in [1.54, 1.807) is 11.3 Å². The van der Waals surface area contributed by atoms with Crippen LogP contribution in [-0.4, -0.2) is 4.98 Å². The lowest BCUT2D eigenvalue weighted by Crippen LogP contribution is -2.07. The number of nitrogens with zero attached hydrogens (tertiary/aromatic N) is 1. The van der Waals surface area contributed by atoms with Crippen LogP contribution in [0.15, 0.2) is 42.5 Å². The Labute approximate surface area is 127 Å². The van der Waals surface area contributed by atoms with Gasteiger partial charge in [-0.15, -0.1) is 11.3 Å². The number of fused-ring (bicyclic) bond motifs is 1. The minimum atomic E-state index is 0.157. The fourth-order valence-corrected chi connectivity index (χ4v) is 3.28. The summed E-state index contributed by atoms with van der Waals surface area (Å²) >= 11 is 7.88. The van der Waals surface area contributed by atoms with E-state index in [4.69, 9.17) is 11.6 Å². The van der Waals surface area contributed by atoms with Gasteiger partial charge in [0.05, 0.1) is 16.3 Å². The van der Waals surface area contributed by atoms with Gasteiger partial charge in [0.2, 0.25) is 0 Å². The third kappa shape index (κ3) is 2.51. The molecule has 0 aliphatic heterocycles. The van der Waals surface area contributed by atoms with Gasteiger partial charge in [0.25, 0.3) is 0 Å². The summed E-state index contributed by atoms with van der Waals surface area (Å²) in [5, 5.41) is 5.36. The molecule has 102 valence electrons. The smallest absolute Gasteiger partial charge is 0.116 e. The molecule has 20 heavy (non-hydrogen) atoms. The highest BCUT2D eigenvalue weighted by atomic mass is 35.5. The van der Waals surface area contributed by atoms with E-state index in [0.29, 0.717) is 0 Å². The number of halogens is 1. The molecule has 1 unspecified atom stereocenters. The van der Waals surface area contributed by atoms with Gasteiger partial charge < -0.3 is 5.32 Å². The maximum atomic E-state index is 6.15. The first-order chi connectivity index (χ1) is 9.65. The van der Waals surface area contributed by atoms with Crippen molar-refractivity contribution in [2.45, 2.75) is 19.9 Å². The topological polar surface area (TPSA) is 24.9 Å². The van der Waals surface area contributed by atoms with Gasteiger partial charge in [0.1, 0.15) is 5.01 Å². The van der Waals surface area contributed by atoms with Crippen LogP contribution in [0.3, 0.4) is 0 Å². The Morgan fingerprint density at radius 1 is 1.15 bits per heavy atom. The molecule has 0 amide bonds. The van der Waals surface area contributed by atoms with Crippen molar-refractivity contribution in [1.82, 2.24) is 4.98 Å². The van der Waals surface area contributed by atoms with Crippen molar-refractivity contribution in [3.05, 3.63) is 58.1 Å². The normalized spacial score (nSPS) is 12.6. The van der Waals surface area contributed by atoms with Crippen LogP contribution >= 0.6 is 22.9 Å². The summed E-state index contributed by atoms with van der Waals surface area (Å²) in [6.45, 7) is 4.15. The zero-order valence-corrected chi connectivity index (χ0v) is 12.9. The summed E-state index contributed by atoms with van der Waals surface area (Å²) in [7, 11) is 0. The fraction of sp³-hybridized carbons (Fsp3) is 0.188. The first-order valence-corrected chi connectivity index (χ1v) is 7.71. The van der Waals surface area contributed by atoms with Crippen molar-refractivity contribution < 1.29 is 0 Å². The number of nitrogens with one attached hydrogen (secondary N) is 1. The Hall–Kier alpha value is -1.58. The maximum Gasteiger partial charge on any atom is 0.116 e. The first kappa shape index (κ1) is 13.4. The van der Waals surface area contributed by atoms with E-state index in [0.717, 1.165) is 26.8 Å². The van der Waals surface area contributed by atoms with Crippen molar-refractivity contribution >= 4 is 38.8 Å². The first-order valence-electron chi connectivity index (χ1n) is 6.52. The summed E-state index contributed by atoms with van der Waals surface area (Å²) in [4.78, 5) is 4.68. The van der Waals surface area contributed by atoms with E-state index < -0.39 is 0 Å². The van der Waals surface area contributed by atoms with Crippen LogP contribution in [0.1, 0.15) is 23.5 Å². The molecular formula is C16H15ClN2S. The molecule has 3 aromatic rings. The Morgan fingerprint density at radius 3 is 2.75 bits per heavy atom. The number of thiazole rings is 1. The lowest BCUT2D eigenvalue weighted by Gasteiger charge is -2.15. The second-order valence-electron chi connectivity index (χ2n) is 4.80. The molecule has 0 bridgehead atoms. The fourth-order valence-electron chi connectivity index (χ4n) is 2.13. The van der Waals surface area contributed by atoms with E-state index in [9.17, 15) is 0 Å². The minimum absolute atomic E-state index is 0.157. The third-order valence-electron chi connectivity index (χ3n) is 3.32. The molecular weight excluding hydrogens is 288 g/mol. The number of rotatable bonds is 3. The van der Waals surface area contributed by atoms with E-state index in [1.807, 2.05) is 43.3 Å². The zero-order chi connectivity index (χ0) is 14.1. The van der Waals surface area contributed by atoms with Crippen LogP contribution in [-0.2, 0) is 0 Å². The van der Waals surface area contributed by atoms with Gasteiger partial charge in [-0.1, -0.05) is 29.8 Å². The molecule has 3 rings (SSSR count). The lowest BCUT2D eigenvalue weighted by atomic mass is 10.2. The largest absolute Gasteiger partial charge is 0.376 e. The average molecular weight is 303 g/mol. The molecule has 1 N–H and O–H groups in total. The van der Waals surface area contributed by atoms with Crippen molar-refractivity contribution in [3.63, 3.8) is 0 Å². The van der Waals surface area contributed by atoms with E-state index in [2.05, 4.69) is 23.3 Å². The molecule has 0 saturated heterocycles. The molecule has 0 saturated carbocycles. The van der Waals surface area contributed by atoms with Crippen LogP contribution in [0.5, 0.6) is 0 Å². The molecule has 0 radical (unpaired) electrons. The van der Waals surface area contributed by atoms with Crippen LogP contribution in [0.4, 0.5) is 5.69 Å². The average Bonchev–Trinajstić information content (AvgIpc) is 2.88. The molecule has 2 nitrogen and oxygen atoms in total. The number of anilines is 1. The van der Waals surface area contributed by atoms with Crippen LogP contribution in [0, 0.1) is 6.92 Å². The number of benzene rings is 2. The maximum absolute atomic E-state index is 6.15. The van der Waals surface area contributed by atoms with Gasteiger partial charge in [-0.25, -0.2) is 4.98 Å². The molecule has 1 heterocycles. The summed E-state index contributed by atoms with van der Waals surface area (Å²) < 4.78 is 1.22. The number of hydrogen-bond acceptors (Lipinski definition) is 3. The van der Waals surface area contributed by atoms with E-state index in [1.165, 1.54) is 4.70 Å². The predicted octanol–water partition coefficient (Wildman–Crippen LogP) is 5.43. The highest BCUT2D eigenvalue weighted by molar-refractivity contribution is 7.18. The van der Waals surface area contributed by atoms with Crippen molar-refractivity contribution in [3.8, 4) is 0 Å². The highest BCUT2D eigenvalue weighted by Gasteiger charge is 2.12. The summed E-state index contributed by atoms with van der Waals surface area (Å²) in [5.41, 5.74) is 3.19. The Balaban J connectivity index is 1.89. The number of hydrogen-bond donors (Lipinski definition) is 1. The SMILES string of the molecule is Cc1c(Cl)cccc1NC(C)c1nc2ccccc2s1. The standard InChI is InChI=1S/C16H15ClN2S/c1-10-12(17)6-5-8-13(10)18-11(2)16-19-14-7-3-4-9-15(14)20-16/h3-9,11,18H,1-2H3. The molecule has 0 spiro atoms. The molecule has 2 aromatic carbocycles. The van der Waals surface area contributed by atoms with Gasteiger partial charge in [-0.3, -0.25) is 0 Å². The van der Waals surface area contributed by atoms with Crippen molar-refractivity contribution in [2.75, 3.05) is 5.32 Å². The van der Waals surface area contributed by atoms with E-state index in [-0.39, 0.29) is 6.04 Å². The van der Waals surface area contributed by atoms with E-state index >= 15 is 0 Å². The van der Waals surface area contributed by atoms with Gasteiger partial charge in [0.15, 0.2) is 0 Å². The predicted molar refractivity (Wildman–Crippen MR) is 87.8 cm³/mol. The van der Waals surface area contributed by atoms with Crippen LogP contribution < -0.4 is 5.32 Å². The molecule has 4 heteroatoms. The zero-order valence-electron chi connectivity index (χ0n) is 11.4. The van der Waals surface area contributed by atoms with Crippen molar-refractivity contribution in [2.24, 2.45) is 0 Å². The second kappa shape index (κ2) is 5.43. The molecule has 0 fully saturated rings. The number of para-hydroxylation sites is 1. The lowest BCUT2D eigenvalue weighted by molar-refractivity contribution is 0.872. The Bertz CT molecular complexity index is 718. The molecule has 1 aromatic heterocycles. The molecule has 0 aliphatic carbocycles. The Kier molecular flexibility index (Phi) is 3.64. The second-order valence-corrected chi connectivity index (χ2v) is 6.27. The number of aromatic nitrogens is 1. The summed E-state index contributed by atoms with van der Waals surface area (Å²) in [6, 6.07) is 14.3. The van der Waals surface area contributed by atoms with Crippen LogP contribution in [0.25, 0.3) is 10.2 Å². The third-order valence-corrected chi connectivity index (χ3v) is 4.95. The van der Waals surface area contributed by atoms with Crippen LogP contribution in [0.2, 0.25) is 5.02 Å². The minimum Gasteiger partial charge on any atom is -0.376 e. The molecule has 1 atom stereocenters. The van der Waals surface area contributed by atoms with Gasteiger partial charge in [-0.05, 0) is 43.7 Å². The quantitative estimate of drug-likeness (QED) is 0.697. The van der Waals surface area contributed by atoms with Crippen molar-refractivity contribution in [1.29, 1.82) is 0 Å². The highest BCUT2D eigenvalue weighted by Crippen LogP contribution is 2.30. The monoisotopic (exact) mass is 302 g/mol. The van der Waals surface area contributed by atoms with Gasteiger partial charge in [0, 0.05) is 10.7 Å². The Morgan fingerprint density at radius 2 is 1.95 bits per heavy atom. The van der Waals surface area contributed by atoms with Gasteiger partial charge in [-0.2, -0.15) is 0 Å². The summed E-state index contributed by atoms with van der Waals surface area (Å²) in [5.74, 6) is 0.